The number of aliphatic hydroxyl groups is 1. The van der Waals surface area contributed by atoms with Gasteiger partial charge in [0, 0.05) is 11.1 Å². The number of methoxy groups -OCH3 is 1. The quantitative estimate of drug-likeness (QED) is 0.106. The van der Waals surface area contributed by atoms with Crippen molar-refractivity contribution in [2.45, 2.75) is 23.1 Å². The molecule has 1 amide bonds. The maximum absolute atomic E-state index is 13.9. The molecule has 3 aromatic carbocycles. The third kappa shape index (κ3) is 5.12. The number of furan rings is 1. The molecule has 0 bridgehead atoms. The van der Waals surface area contributed by atoms with Crippen molar-refractivity contribution in [3.05, 3.63) is 107 Å². The highest BCUT2D eigenvalue weighted by Crippen LogP contribution is 2.45. The van der Waals surface area contributed by atoms with E-state index in [4.69, 9.17) is 13.9 Å². The third-order valence-corrected chi connectivity index (χ3v) is 8.84. The molecule has 1 atom stereocenters. The molecule has 9 nitrogen and oxygen atoms in total. The highest BCUT2D eigenvalue weighted by atomic mass is 32.2. The Morgan fingerprint density at radius 3 is 2.60 bits per heavy atom. The average molecular weight is 600 g/mol. The van der Waals surface area contributed by atoms with Crippen LogP contribution in [0, 0.1) is 0 Å². The Balaban J connectivity index is 1.40. The van der Waals surface area contributed by atoms with Crippen LogP contribution in [0.5, 0.6) is 11.5 Å². The topological polar surface area (TPSA) is 115 Å². The van der Waals surface area contributed by atoms with Gasteiger partial charge >= 0.3 is 0 Å². The van der Waals surface area contributed by atoms with Gasteiger partial charge in [-0.05, 0) is 42.3 Å². The number of nitrogens with zero attached hydrogens (tertiary/aromatic N) is 3. The van der Waals surface area contributed by atoms with E-state index in [-0.39, 0.29) is 16.5 Å². The van der Waals surface area contributed by atoms with Crippen molar-refractivity contribution in [3.8, 4) is 11.5 Å². The number of hydrogen-bond donors (Lipinski definition) is 1. The first-order valence-electron chi connectivity index (χ1n) is 13.1. The summed E-state index contributed by atoms with van der Waals surface area (Å²) in [5, 5.41) is 20.7. The number of anilines is 1. The minimum atomic E-state index is -1.03. The Labute approximate surface area is 249 Å². The number of hydrogen-bond acceptors (Lipinski definition) is 10. The Bertz CT molecular complexity index is 1780. The van der Waals surface area contributed by atoms with E-state index >= 15 is 0 Å². The van der Waals surface area contributed by atoms with E-state index in [9.17, 15) is 14.7 Å². The van der Waals surface area contributed by atoms with Crippen molar-refractivity contribution in [1.82, 2.24) is 10.2 Å². The number of Topliss-reactive ketones (excluding diaryl/α,β-unsaturated/α-hetero) is 1. The van der Waals surface area contributed by atoms with E-state index in [1.165, 1.54) is 35.1 Å². The van der Waals surface area contributed by atoms with E-state index in [0.717, 1.165) is 10.9 Å². The smallest absolute Gasteiger partial charge is 0.296 e. The molecule has 42 heavy (non-hydrogen) atoms. The zero-order chi connectivity index (χ0) is 29.2. The molecule has 0 saturated heterocycles. The maximum atomic E-state index is 13.9. The fraction of sp³-hybridized carbons (Fsp3) is 0.161. The van der Waals surface area contributed by atoms with Gasteiger partial charge < -0.3 is 19.0 Å². The normalized spacial score (nSPS) is 15.0. The SMILES string of the molecule is CCOc1ccc(C2C(C(=O)c3cc4ccccc4o3)=C(O)C(=O)N2c2nnc(SCc3ccccc3)s2)cc1OC. The number of benzene rings is 3. The number of carbonyl (C=O) groups excluding carboxylic acids is 2. The Morgan fingerprint density at radius 2 is 1.83 bits per heavy atom. The van der Waals surface area contributed by atoms with Crippen molar-refractivity contribution in [2.24, 2.45) is 0 Å². The zero-order valence-electron chi connectivity index (χ0n) is 22.6. The standard InChI is InChI=1S/C31H25N3O6S2/c1-3-39-22-14-13-20(16-23(22)38-2)26-25(27(35)24-15-19-11-7-8-12-21(19)40-24)28(36)29(37)34(26)30-32-33-31(42-30)41-17-18-9-5-4-6-10-18/h4-16,26,36H,3,17H2,1-2H3. The first-order chi connectivity index (χ1) is 20.5. The number of aliphatic hydroxyl groups excluding tert-OH is 1. The van der Waals surface area contributed by atoms with Gasteiger partial charge in [0.2, 0.25) is 10.9 Å². The molecule has 0 saturated carbocycles. The summed E-state index contributed by atoms with van der Waals surface area (Å²) in [5.74, 6) is -0.446. The van der Waals surface area contributed by atoms with Crippen molar-refractivity contribution >= 4 is 50.9 Å². The van der Waals surface area contributed by atoms with Gasteiger partial charge in [0.25, 0.3) is 5.91 Å². The highest BCUT2D eigenvalue weighted by molar-refractivity contribution is 8.00. The number of para-hydroxylation sites is 1. The first kappa shape index (κ1) is 27.6. The second kappa shape index (κ2) is 11.7. The van der Waals surface area contributed by atoms with Crippen molar-refractivity contribution < 1.29 is 28.6 Å². The molecule has 1 N–H and O–H groups in total. The van der Waals surface area contributed by atoms with Crippen LogP contribution in [0.4, 0.5) is 5.13 Å². The second-order valence-corrected chi connectivity index (χ2v) is 11.5. The summed E-state index contributed by atoms with van der Waals surface area (Å²) >= 11 is 2.69. The second-order valence-electron chi connectivity index (χ2n) is 9.29. The van der Waals surface area contributed by atoms with Gasteiger partial charge in [-0.3, -0.25) is 14.5 Å². The predicted molar refractivity (Wildman–Crippen MR) is 161 cm³/mol. The number of fused-ring (bicyclic) bond motifs is 1. The molecule has 2 aromatic heterocycles. The monoisotopic (exact) mass is 599 g/mol. The molecular weight excluding hydrogens is 574 g/mol. The van der Waals surface area contributed by atoms with Crippen LogP contribution in [-0.4, -0.2) is 40.7 Å². The number of amides is 1. The number of rotatable bonds is 10. The molecule has 212 valence electrons. The zero-order valence-corrected chi connectivity index (χ0v) is 24.3. The lowest BCUT2D eigenvalue weighted by Gasteiger charge is -2.24. The molecule has 0 fully saturated rings. The van der Waals surface area contributed by atoms with Gasteiger partial charge in [-0.15, -0.1) is 10.2 Å². The van der Waals surface area contributed by atoms with Gasteiger partial charge in [0.05, 0.1) is 25.3 Å². The van der Waals surface area contributed by atoms with Gasteiger partial charge in [-0.2, -0.15) is 0 Å². The molecule has 0 spiro atoms. The van der Waals surface area contributed by atoms with Crippen molar-refractivity contribution in [2.75, 3.05) is 18.6 Å². The number of aromatic nitrogens is 2. The van der Waals surface area contributed by atoms with E-state index < -0.39 is 23.5 Å². The third-order valence-electron chi connectivity index (χ3n) is 6.71. The molecular formula is C31H25N3O6S2. The summed E-state index contributed by atoms with van der Waals surface area (Å²) < 4.78 is 17.7. The van der Waals surface area contributed by atoms with E-state index in [1.54, 1.807) is 36.4 Å². The fourth-order valence-corrected chi connectivity index (χ4v) is 6.61. The van der Waals surface area contributed by atoms with E-state index in [2.05, 4.69) is 10.2 Å². The lowest BCUT2D eigenvalue weighted by atomic mass is 9.95. The minimum absolute atomic E-state index is 0.00618. The predicted octanol–water partition coefficient (Wildman–Crippen LogP) is 6.77. The largest absolute Gasteiger partial charge is 0.503 e. The van der Waals surface area contributed by atoms with Crippen LogP contribution in [-0.2, 0) is 10.5 Å². The van der Waals surface area contributed by atoms with Crippen molar-refractivity contribution in [3.63, 3.8) is 0 Å². The maximum Gasteiger partial charge on any atom is 0.296 e. The van der Waals surface area contributed by atoms with Crippen molar-refractivity contribution in [1.29, 1.82) is 0 Å². The molecule has 1 aliphatic heterocycles. The van der Waals surface area contributed by atoms with Crippen LogP contribution < -0.4 is 14.4 Å². The minimum Gasteiger partial charge on any atom is -0.503 e. The number of thioether (sulfide) groups is 1. The number of carbonyl (C=O) groups is 2. The van der Waals surface area contributed by atoms with Gasteiger partial charge in [0.1, 0.15) is 5.58 Å². The van der Waals surface area contributed by atoms with Crippen LogP contribution in [0.1, 0.15) is 34.6 Å². The lowest BCUT2D eigenvalue weighted by Crippen LogP contribution is -2.31. The summed E-state index contributed by atoms with van der Waals surface area (Å²) in [6.07, 6.45) is 0. The molecule has 11 heteroatoms. The summed E-state index contributed by atoms with van der Waals surface area (Å²) in [6.45, 7) is 2.28. The van der Waals surface area contributed by atoms with Crippen LogP contribution in [0.15, 0.2) is 99.0 Å². The molecule has 1 unspecified atom stereocenters. The Morgan fingerprint density at radius 1 is 1.05 bits per heavy atom. The summed E-state index contributed by atoms with van der Waals surface area (Å²) in [5.41, 5.74) is 2.03. The average Bonchev–Trinajstić information content (AvgIpc) is 3.73. The van der Waals surface area contributed by atoms with Crippen LogP contribution >= 0.6 is 23.1 Å². The van der Waals surface area contributed by atoms with E-state index in [1.807, 2.05) is 49.4 Å². The van der Waals surface area contributed by atoms with Gasteiger partial charge in [-0.25, -0.2) is 0 Å². The summed E-state index contributed by atoms with van der Waals surface area (Å²) in [4.78, 5) is 28.9. The first-order valence-corrected chi connectivity index (χ1v) is 14.9. The van der Waals surface area contributed by atoms with Crippen LogP contribution in [0.2, 0.25) is 0 Å². The summed E-state index contributed by atoms with van der Waals surface area (Å²) in [6, 6.07) is 22.8. The fourth-order valence-electron chi connectivity index (χ4n) is 4.78. The lowest BCUT2D eigenvalue weighted by molar-refractivity contribution is -0.117. The molecule has 0 radical (unpaired) electrons. The highest BCUT2D eigenvalue weighted by Gasteiger charge is 2.47. The van der Waals surface area contributed by atoms with Crippen LogP contribution in [0.25, 0.3) is 11.0 Å². The summed E-state index contributed by atoms with van der Waals surface area (Å²) in [7, 11) is 1.51. The van der Waals surface area contributed by atoms with Gasteiger partial charge in [-0.1, -0.05) is 77.7 Å². The molecule has 5 aromatic rings. The number of ether oxygens (including phenoxy) is 2. The Kier molecular flexibility index (Phi) is 7.68. The molecule has 0 aliphatic carbocycles. The van der Waals surface area contributed by atoms with Gasteiger partial charge in [0.15, 0.2) is 27.4 Å². The Hall–Kier alpha value is -4.61. The number of ketones is 1. The van der Waals surface area contributed by atoms with Crippen LogP contribution in [0.3, 0.4) is 0 Å². The molecule has 1 aliphatic rings. The molecule has 3 heterocycles. The molecule has 6 rings (SSSR count). The van der Waals surface area contributed by atoms with E-state index in [0.29, 0.717) is 39.3 Å².